The van der Waals surface area contributed by atoms with Gasteiger partial charge < -0.3 is 15.0 Å². The smallest absolute Gasteiger partial charge is 0.141 e. The predicted octanol–water partition coefficient (Wildman–Crippen LogP) is 4.92. The summed E-state index contributed by atoms with van der Waals surface area (Å²) in [6.07, 6.45) is -0.180. The average Bonchev–Trinajstić information content (AvgIpc) is 2.93. The second-order valence-electron chi connectivity index (χ2n) is 5.93. The van der Waals surface area contributed by atoms with Gasteiger partial charge in [0, 0.05) is 23.5 Å². The second-order valence-corrected chi connectivity index (χ2v) is 6.85. The van der Waals surface area contributed by atoms with E-state index in [4.69, 9.17) is 9.72 Å². The van der Waals surface area contributed by atoms with Crippen molar-refractivity contribution < 1.29 is 4.74 Å². The predicted molar refractivity (Wildman–Crippen MR) is 116 cm³/mol. The zero-order chi connectivity index (χ0) is 15.6. The van der Waals surface area contributed by atoms with Crippen molar-refractivity contribution in [2.45, 2.75) is 6.10 Å². The van der Waals surface area contributed by atoms with Crippen LogP contribution in [0.1, 0.15) is 17.5 Å². The summed E-state index contributed by atoms with van der Waals surface area (Å²) in [7, 11) is 0. The largest absolute Gasteiger partial charge is 0.365 e. The standard InChI is InChI=1S/C18H18BrN3O.3ClH/c19-14-5-3-4-13(8-14)17(23-11-12-9-20-10-12)18-21-15-6-1-2-7-16(15)22-18;;;/h1-8,12,17,20H,9-11H2,(H,21,22);3*1H. The number of hydrogen-bond donors (Lipinski definition) is 2. The molecule has 2 N–H and O–H groups in total. The van der Waals surface area contributed by atoms with E-state index in [0.717, 1.165) is 46.6 Å². The number of benzene rings is 2. The summed E-state index contributed by atoms with van der Waals surface area (Å²) in [6.45, 7) is 2.80. The maximum absolute atomic E-state index is 6.25. The summed E-state index contributed by atoms with van der Waals surface area (Å²) in [5, 5.41) is 3.28. The third-order valence-corrected chi connectivity index (χ3v) is 4.67. The van der Waals surface area contributed by atoms with Crippen LogP contribution < -0.4 is 5.32 Å². The number of para-hydroxylation sites is 2. The van der Waals surface area contributed by atoms with Gasteiger partial charge in [0.2, 0.25) is 0 Å². The zero-order valence-electron chi connectivity index (χ0n) is 13.9. The maximum Gasteiger partial charge on any atom is 0.141 e. The van der Waals surface area contributed by atoms with Gasteiger partial charge in [-0.15, -0.1) is 37.2 Å². The summed E-state index contributed by atoms with van der Waals surface area (Å²) in [6, 6.07) is 16.3. The SMILES string of the molecule is Brc1cccc(C(OCC2CNC2)c2nc3ccccc3[nH]2)c1.Cl.Cl.Cl. The molecule has 0 amide bonds. The van der Waals surface area contributed by atoms with Crippen molar-refractivity contribution in [1.29, 1.82) is 0 Å². The van der Waals surface area contributed by atoms with Crippen LogP contribution in [0.25, 0.3) is 11.0 Å². The van der Waals surface area contributed by atoms with Crippen LogP contribution in [0.2, 0.25) is 0 Å². The molecule has 2 heterocycles. The molecular weight excluding hydrogens is 460 g/mol. The van der Waals surface area contributed by atoms with E-state index < -0.39 is 0 Å². The summed E-state index contributed by atoms with van der Waals surface area (Å²) in [5.74, 6) is 1.45. The van der Waals surface area contributed by atoms with Crippen LogP contribution in [-0.4, -0.2) is 29.7 Å². The van der Waals surface area contributed by atoms with Gasteiger partial charge >= 0.3 is 0 Å². The Balaban J connectivity index is 0.00000113. The highest BCUT2D eigenvalue weighted by Gasteiger charge is 2.23. The number of imidazole rings is 1. The van der Waals surface area contributed by atoms with E-state index in [1.165, 1.54) is 0 Å². The number of nitrogens with zero attached hydrogens (tertiary/aromatic N) is 1. The number of aromatic nitrogens is 2. The van der Waals surface area contributed by atoms with E-state index in [9.17, 15) is 0 Å². The second kappa shape index (κ2) is 10.5. The van der Waals surface area contributed by atoms with Crippen LogP contribution in [0.3, 0.4) is 0 Å². The average molecular weight is 482 g/mol. The van der Waals surface area contributed by atoms with Gasteiger partial charge in [0.25, 0.3) is 0 Å². The summed E-state index contributed by atoms with van der Waals surface area (Å²) < 4.78 is 7.29. The van der Waals surface area contributed by atoms with Gasteiger partial charge in [0.1, 0.15) is 11.9 Å². The highest BCUT2D eigenvalue weighted by Crippen LogP contribution is 2.28. The van der Waals surface area contributed by atoms with Crippen molar-refractivity contribution in [3.63, 3.8) is 0 Å². The molecule has 4 rings (SSSR count). The fraction of sp³-hybridized carbons (Fsp3) is 0.278. The Kier molecular flexibility index (Phi) is 9.38. The molecule has 3 aromatic rings. The molecule has 0 spiro atoms. The van der Waals surface area contributed by atoms with Crippen molar-refractivity contribution in [2.24, 2.45) is 5.92 Å². The van der Waals surface area contributed by atoms with E-state index in [0.29, 0.717) is 5.92 Å². The van der Waals surface area contributed by atoms with E-state index in [1.54, 1.807) is 0 Å². The molecule has 0 bridgehead atoms. The first kappa shape index (κ1) is 23.2. The first-order chi connectivity index (χ1) is 11.3. The number of fused-ring (bicyclic) bond motifs is 1. The Bertz CT molecular complexity index is 793. The minimum Gasteiger partial charge on any atom is -0.365 e. The van der Waals surface area contributed by atoms with Gasteiger partial charge in [-0.1, -0.05) is 40.2 Å². The molecule has 1 unspecified atom stereocenters. The van der Waals surface area contributed by atoms with Crippen molar-refractivity contribution in [2.75, 3.05) is 19.7 Å². The zero-order valence-corrected chi connectivity index (χ0v) is 17.9. The topological polar surface area (TPSA) is 49.9 Å². The minimum absolute atomic E-state index is 0. The number of ether oxygens (including phenoxy) is 1. The van der Waals surface area contributed by atoms with Gasteiger partial charge in [0.05, 0.1) is 17.6 Å². The number of halogens is 4. The van der Waals surface area contributed by atoms with Crippen LogP contribution in [0.5, 0.6) is 0 Å². The summed E-state index contributed by atoms with van der Waals surface area (Å²) in [5.41, 5.74) is 3.11. The van der Waals surface area contributed by atoms with Crippen molar-refractivity contribution >= 4 is 64.2 Å². The Morgan fingerprint density at radius 2 is 1.85 bits per heavy atom. The molecule has 0 radical (unpaired) electrons. The number of aromatic amines is 1. The lowest BCUT2D eigenvalue weighted by Gasteiger charge is -2.28. The molecule has 0 saturated carbocycles. The lowest BCUT2D eigenvalue weighted by atomic mass is 10.0. The molecule has 1 fully saturated rings. The molecule has 2 aromatic carbocycles. The number of nitrogens with one attached hydrogen (secondary N) is 2. The van der Waals surface area contributed by atoms with Crippen LogP contribution in [0, 0.1) is 5.92 Å². The van der Waals surface area contributed by atoms with Crippen LogP contribution in [0.15, 0.2) is 53.0 Å². The van der Waals surface area contributed by atoms with Crippen molar-refractivity contribution in [1.82, 2.24) is 15.3 Å². The quantitative estimate of drug-likeness (QED) is 0.544. The lowest BCUT2D eigenvalue weighted by Crippen LogP contribution is -2.44. The molecule has 26 heavy (non-hydrogen) atoms. The van der Waals surface area contributed by atoms with Gasteiger partial charge in [-0.05, 0) is 29.8 Å². The van der Waals surface area contributed by atoms with E-state index >= 15 is 0 Å². The fourth-order valence-corrected chi connectivity index (χ4v) is 3.21. The van der Waals surface area contributed by atoms with Crippen molar-refractivity contribution in [3.8, 4) is 0 Å². The molecule has 8 heteroatoms. The molecular formula is C18H21BrCl3N3O. The summed E-state index contributed by atoms with van der Waals surface area (Å²) in [4.78, 5) is 8.14. The van der Waals surface area contributed by atoms with E-state index in [-0.39, 0.29) is 43.3 Å². The van der Waals surface area contributed by atoms with Crippen LogP contribution in [-0.2, 0) is 4.74 Å². The number of hydrogen-bond acceptors (Lipinski definition) is 3. The van der Waals surface area contributed by atoms with Gasteiger partial charge in [-0.25, -0.2) is 4.98 Å². The van der Waals surface area contributed by atoms with Gasteiger partial charge in [-0.3, -0.25) is 0 Å². The number of H-pyrrole nitrogens is 1. The molecule has 1 saturated heterocycles. The normalized spacial score (nSPS) is 14.5. The molecule has 142 valence electrons. The van der Waals surface area contributed by atoms with Crippen LogP contribution in [0.4, 0.5) is 0 Å². The molecule has 1 atom stereocenters. The monoisotopic (exact) mass is 479 g/mol. The van der Waals surface area contributed by atoms with Gasteiger partial charge in [0.15, 0.2) is 0 Å². The maximum atomic E-state index is 6.25. The molecule has 1 aromatic heterocycles. The van der Waals surface area contributed by atoms with Gasteiger partial charge in [-0.2, -0.15) is 0 Å². The lowest BCUT2D eigenvalue weighted by molar-refractivity contribution is 0.0340. The third-order valence-electron chi connectivity index (χ3n) is 4.17. The fourth-order valence-electron chi connectivity index (χ4n) is 2.80. The highest BCUT2D eigenvalue weighted by atomic mass is 79.9. The first-order valence-electron chi connectivity index (χ1n) is 7.82. The Hall–Kier alpha value is -0.820. The molecule has 1 aliphatic rings. The Morgan fingerprint density at radius 3 is 2.50 bits per heavy atom. The van der Waals surface area contributed by atoms with Crippen molar-refractivity contribution in [3.05, 3.63) is 64.4 Å². The third kappa shape index (κ3) is 5.12. The number of rotatable bonds is 5. The summed E-state index contributed by atoms with van der Waals surface area (Å²) >= 11 is 3.55. The Morgan fingerprint density at radius 1 is 1.08 bits per heavy atom. The molecule has 4 nitrogen and oxygen atoms in total. The van der Waals surface area contributed by atoms with E-state index in [2.05, 4.69) is 38.4 Å². The molecule has 0 aliphatic carbocycles. The van der Waals surface area contributed by atoms with E-state index in [1.807, 2.05) is 36.4 Å². The highest BCUT2D eigenvalue weighted by molar-refractivity contribution is 9.10. The minimum atomic E-state index is -0.180. The van der Waals surface area contributed by atoms with Crippen LogP contribution >= 0.6 is 53.2 Å². The first-order valence-corrected chi connectivity index (χ1v) is 8.61. The Labute approximate surface area is 179 Å². The molecule has 1 aliphatic heterocycles.